The van der Waals surface area contributed by atoms with Crippen LogP contribution in [0, 0.1) is 12.8 Å². The summed E-state index contributed by atoms with van der Waals surface area (Å²) in [5.74, 6) is -0.232. The minimum absolute atomic E-state index is 0. The molecule has 1 aromatic heterocycles. The average molecular weight is 477 g/mol. The molecular formula is C26H34Cl2N2O2. The van der Waals surface area contributed by atoms with Crippen molar-refractivity contribution in [1.82, 2.24) is 4.98 Å². The predicted molar refractivity (Wildman–Crippen MR) is 138 cm³/mol. The Kier molecular flexibility index (Phi) is 11.1. The molecule has 0 spiro atoms. The maximum absolute atomic E-state index is 10.8. The van der Waals surface area contributed by atoms with Crippen molar-refractivity contribution in [2.75, 3.05) is 0 Å². The van der Waals surface area contributed by atoms with Gasteiger partial charge < -0.3 is 10.8 Å². The van der Waals surface area contributed by atoms with Gasteiger partial charge in [0.15, 0.2) is 0 Å². The first kappa shape index (κ1) is 27.9. The van der Waals surface area contributed by atoms with Crippen molar-refractivity contribution in [3.63, 3.8) is 0 Å². The number of benzene rings is 2. The topological polar surface area (TPSA) is 76.2 Å². The number of carboxylic acids is 1. The number of halogens is 2. The summed E-state index contributed by atoms with van der Waals surface area (Å²) >= 11 is 0. The lowest BCUT2D eigenvalue weighted by Gasteiger charge is -2.18. The summed E-state index contributed by atoms with van der Waals surface area (Å²) in [4.78, 5) is 15.8. The van der Waals surface area contributed by atoms with Gasteiger partial charge in [-0.25, -0.2) is 0 Å². The number of carboxylic acid groups (broad SMARTS) is 1. The fraction of sp³-hybridized carbons (Fsp3) is 0.385. The number of pyridine rings is 1. The van der Waals surface area contributed by atoms with E-state index in [0.29, 0.717) is 18.9 Å². The zero-order valence-corrected chi connectivity index (χ0v) is 20.7. The Balaban J connectivity index is 0.00000256. The largest absolute Gasteiger partial charge is 0.481 e. The quantitative estimate of drug-likeness (QED) is 0.345. The smallest absolute Gasteiger partial charge is 0.303 e. The van der Waals surface area contributed by atoms with Crippen LogP contribution >= 0.6 is 24.8 Å². The molecule has 4 nitrogen and oxygen atoms in total. The highest BCUT2D eigenvalue weighted by Crippen LogP contribution is 2.35. The number of rotatable bonds is 9. The van der Waals surface area contributed by atoms with E-state index in [4.69, 9.17) is 15.8 Å². The molecule has 0 saturated heterocycles. The SMILES string of the molecule is Cc1ccc(-c2c(CN)c(CC(C)C)nc3ccc(CCCCC(=O)O)cc23)cc1.Cl.Cl. The van der Waals surface area contributed by atoms with Gasteiger partial charge in [0.05, 0.1) is 5.52 Å². The molecule has 0 fully saturated rings. The molecule has 1 heterocycles. The average Bonchev–Trinajstić information content (AvgIpc) is 2.70. The summed E-state index contributed by atoms with van der Waals surface area (Å²) in [6.45, 7) is 6.96. The van der Waals surface area contributed by atoms with Gasteiger partial charge >= 0.3 is 5.97 Å². The lowest BCUT2D eigenvalue weighted by molar-refractivity contribution is -0.137. The van der Waals surface area contributed by atoms with Crippen LogP contribution in [0.4, 0.5) is 0 Å². The third kappa shape index (κ3) is 6.93. The Hall–Kier alpha value is -2.14. The lowest BCUT2D eigenvalue weighted by Crippen LogP contribution is -2.10. The van der Waals surface area contributed by atoms with Gasteiger partial charge in [-0.3, -0.25) is 9.78 Å². The fourth-order valence-corrected chi connectivity index (χ4v) is 3.99. The Bertz CT molecular complexity index is 1030. The molecule has 3 aromatic rings. The van der Waals surface area contributed by atoms with E-state index >= 15 is 0 Å². The monoisotopic (exact) mass is 476 g/mol. The van der Waals surface area contributed by atoms with Crippen molar-refractivity contribution >= 4 is 41.7 Å². The standard InChI is InChI=1S/C26H32N2O2.2ClH/c1-17(2)14-24-22(16-27)26(20-11-8-18(3)9-12-20)21-15-19(10-13-23(21)28-24)6-4-5-7-25(29)30;;/h8-13,15,17H,4-7,14,16,27H2,1-3H3,(H,29,30);2*1H. The van der Waals surface area contributed by atoms with Gasteiger partial charge in [0, 0.05) is 24.0 Å². The minimum Gasteiger partial charge on any atom is -0.481 e. The van der Waals surface area contributed by atoms with Crippen LogP contribution in [0.1, 0.15) is 55.5 Å². The molecule has 0 bridgehead atoms. The molecule has 6 heteroatoms. The first-order chi connectivity index (χ1) is 14.4. The molecule has 0 saturated carbocycles. The molecule has 0 amide bonds. The lowest BCUT2D eigenvalue weighted by atomic mass is 9.90. The van der Waals surface area contributed by atoms with Crippen molar-refractivity contribution in [2.45, 2.75) is 59.4 Å². The third-order valence-corrected chi connectivity index (χ3v) is 5.49. The van der Waals surface area contributed by atoms with E-state index in [1.165, 1.54) is 22.3 Å². The Labute approximate surface area is 203 Å². The number of fused-ring (bicyclic) bond motifs is 1. The normalized spacial score (nSPS) is 10.7. The van der Waals surface area contributed by atoms with Crippen molar-refractivity contribution < 1.29 is 9.90 Å². The zero-order chi connectivity index (χ0) is 21.7. The van der Waals surface area contributed by atoms with Crippen LogP contribution < -0.4 is 5.73 Å². The van der Waals surface area contributed by atoms with Crippen molar-refractivity contribution in [2.24, 2.45) is 11.7 Å². The van der Waals surface area contributed by atoms with Crippen LogP contribution in [0.5, 0.6) is 0 Å². The number of aromatic nitrogens is 1. The molecule has 0 aliphatic rings. The summed E-state index contributed by atoms with van der Waals surface area (Å²) in [5, 5.41) is 9.99. The second-order valence-electron chi connectivity index (χ2n) is 8.53. The summed E-state index contributed by atoms with van der Waals surface area (Å²) in [6.07, 6.45) is 3.54. The van der Waals surface area contributed by atoms with Crippen molar-refractivity contribution in [3.05, 3.63) is 64.8 Å². The highest BCUT2D eigenvalue weighted by molar-refractivity contribution is 5.97. The zero-order valence-electron chi connectivity index (χ0n) is 19.1. The number of hydrogen-bond acceptors (Lipinski definition) is 3. The van der Waals surface area contributed by atoms with Gasteiger partial charge in [0.1, 0.15) is 0 Å². The summed E-state index contributed by atoms with van der Waals surface area (Å²) in [6, 6.07) is 15.1. The molecule has 0 radical (unpaired) electrons. The number of hydrogen-bond donors (Lipinski definition) is 2. The number of nitrogens with two attached hydrogens (primary N) is 1. The molecule has 0 aliphatic carbocycles. The second kappa shape index (κ2) is 12.8. The van der Waals surface area contributed by atoms with Crippen molar-refractivity contribution in [1.29, 1.82) is 0 Å². The van der Waals surface area contributed by atoms with E-state index in [9.17, 15) is 4.79 Å². The molecular weight excluding hydrogens is 443 g/mol. The molecule has 174 valence electrons. The second-order valence-corrected chi connectivity index (χ2v) is 8.53. The van der Waals surface area contributed by atoms with E-state index in [1.807, 2.05) is 0 Å². The molecule has 0 unspecified atom stereocenters. The first-order valence-electron chi connectivity index (χ1n) is 10.8. The molecule has 2 aromatic carbocycles. The van der Waals surface area contributed by atoms with Gasteiger partial charge in [-0.05, 0) is 72.9 Å². The van der Waals surface area contributed by atoms with Crippen LogP contribution in [0.3, 0.4) is 0 Å². The predicted octanol–water partition coefficient (Wildman–Crippen LogP) is 6.51. The summed E-state index contributed by atoms with van der Waals surface area (Å²) < 4.78 is 0. The van der Waals surface area contributed by atoms with Crippen molar-refractivity contribution in [3.8, 4) is 11.1 Å². The Morgan fingerprint density at radius 3 is 2.34 bits per heavy atom. The van der Waals surface area contributed by atoms with E-state index in [1.54, 1.807) is 0 Å². The van der Waals surface area contributed by atoms with Crippen LogP contribution in [0.15, 0.2) is 42.5 Å². The van der Waals surface area contributed by atoms with E-state index in [-0.39, 0.29) is 31.2 Å². The van der Waals surface area contributed by atoms with E-state index in [2.05, 4.69) is 63.2 Å². The van der Waals surface area contributed by atoms with Gasteiger partial charge in [0.2, 0.25) is 0 Å². The van der Waals surface area contributed by atoms with Gasteiger partial charge in [-0.15, -0.1) is 24.8 Å². The van der Waals surface area contributed by atoms with E-state index in [0.717, 1.165) is 41.4 Å². The molecule has 3 rings (SSSR count). The number of unbranched alkanes of at least 4 members (excludes halogenated alkanes) is 1. The van der Waals surface area contributed by atoms with E-state index < -0.39 is 5.97 Å². The fourth-order valence-electron chi connectivity index (χ4n) is 3.99. The molecule has 0 atom stereocenters. The molecule has 3 N–H and O–H groups in total. The molecule has 32 heavy (non-hydrogen) atoms. The number of carbonyl (C=O) groups is 1. The number of aliphatic carboxylic acids is 1. The maximum atomic E-state index is 10.8. The van der Waals surface area contributed by atoms with Crippen LogP contribution in [0.2, 0.25) is 0 Å². The highest BCUT2D eigenvalue weighted by Gasteiger charge is 2.17. The summed E-state index contributed by atoms with van der Waals surface area (Å²) in [5.41, 5.74) is 14.3. The van der Waals surface area contributed by atoms with Gasteiger partial charge in [0.25, 0.3) is 0 Å². The Morgan fingerprint density at radius 2 is 1.75 bits per heavy atom. The minimum atomic E-state index is -0.732. The van der Waals surface area contributed by atoms with Crippen LogP contribution in [0.25, 0.3) is 22.0 Å². The number of nitrogens with zero attached hydrogens (tertiary/aromatic N) is 1. The van der Waals surface area contributed by atoms with Crippen LogP contribution in [-0.4, -0.2) is 16.1 Å². The van der Waals surface area contributed by atoms with Gasteiger partial charge in [-0.1, -0.05) is 49.7 Å². The molecule has 0 aliphatic heterocycles. The summed E-state index contributed by atoms with van der Waals surface area (Å²) in [7, 11) is 0. The van der Waals surface area contributed by atoms with Crippen LogP contribution in [-0.2, 0) is 24.2 Å². The highest BCUT2D eigenvalue weighted by atomic mass is 35.5. The maximum Gasteiger partial charge on any atom is 0.303 e. The number of aryl methyl sites for hydroxylation is 2. The first-order valence-corrected chi connectivity index (χ1v) is 10.8. The Morgan fingerprint density at radius 1 is 1.06 bits per heavy atom. The van der Waals surface area contributed by atoms with Gasteiger partial charge in [-0.2, -0.15) is 0 Å². The third-order valence-electron chi connectivity index (χ3n) is 5.49.